The van der Waals surface area contributed by atoms with Gasteiger partial charge in [-0.05, 0) is 38.4 Å². The summed E-state index contributed by atoms with van der Waals surface area (Å²) < 4.78 is 11.3. The van der Waals surface area contributed by atoms with Crippen LogP contribution in [0.3, 0.4) is 0 Å². The average Bonchev–Trinajstić information content (AvgIpc) is 3.37. The fourth-order valence-electron chi connectivity index (χ4n) is 3.42. The summed E-state index contributed by atoms with van der Waals surface area (Å²) in [5, 5.41) is 3.21. The summed E-state index contributed by atoms with van der Waals surface area (Å²) in [6.45, 7) is 4.88. The molecule has 0 unspecified atom stereocenters. The lowest BCUT2D eigenvalue weighted by atomic mass is 10.2. The van der Waals surface area contributed by atoms with Crippen LogP contribution in [-0.4, -0.2) is 54.4 Å². The number of aromatic nitrogens is 2. The third-order valence-electron chi connectivity index (χ3n) is 4.87. The van der Waals surface area contributed by atoms with Crippen molar-refractivity contribution in [3.63, 3.8) is 0 Å². The van der Waals surface area contributed by atoms with Crippen molar-refractivity contribution >= 4 is 17.9 Å². The van der Waals surface area contributed by atoms with Gasteiger partial charge < -0.3 is 19.7 Å². The minimum absolute atomic E-state index is 0.660. The summed E-state index contributed by atoms with van der Waals surface area (Å²) in [5.41, 5.74) is 2.05. The first-order valence-corrected chi connectivity index (χ1v) is 9.48. The van der Waals surface area contributed by atoms with E-state index in [0.29, 0.717) is 30.5 Å². The molecule has 1 saturated heterocycles. The second kappa shape index (κ2) is 8.35. The molecule has 2 aliphatic rings. The summed E-state index contributed by atoms with van der Waals surface area (Å²) in [4.78, 5) is 15.7. The van der Waals surface area contributed by atoms with E-state index in [1.807, 2.05) is 18.2 Å². The van der Waals surface area contributed by atoms with E-state index >= 15 is 0 Å². The van der Waals surface area contributed by atoms with Gasteiger partial charge in [0.05, 0.1) is 32.2 Å². The molecule has 0 spiro atoms. The maximum absolute atomic E-state index is 5.88. The summed E-state index contributed by atoms with van der Waals surface area (Å²) >= 11 is 0. The molecule has 0 aromatic carbocycles. The molecular formula is C20H25N5O2. The number of methoxy groups -OCH3 is 1. The van der Waals surface area contributed by atoms with Gasteiger partial charge in [-0.15, -0.1) is 0 Å². The third-order valence-corrected chi connectivity index (χ3v) is 4.87. The Labute approximate surface area is 159 Å². The van der Waals surface area contributed by atoms with E-state index in [2.05, 4.69) is 25.2 Å². The Hall–Kier alpha value is -2.67. The van der Waals surface area contributed by atoms with Gasteiger partial charge in [0.2, 0.25) is 0 Å². The van der Waals surface area contributed by atoms with E-state index in [-0.39, 0.29) is 0 Å². The third kappa shape index (κ3) is 4.36. The zero-order valence-electron chi connectivity index (χ0n) is 15.6. The van der Waals surface area contributed by atoms with Crippen LogP contribution in [0.2, 0.25) is 0 Å². The number of fused-ring (bicyclic) bond motifs is 1. The van der Waals surface area contributed by atoms with Gasteiger partial charge in [-0.1, -0.05) is 6.07 Å². The predicted octanol–water partition coefficient (Wildman–Crippen LogP) is 3.03. The van der Waals surface area contributed by atoms with Gasteiger partial charge in [0, 0.05) is 24.4 Å². The molecule has 142 valence electrons. The molecule has 27 heavy (non-hydrogen) atoms. The molecule has 4 rings (SSSR count). The monoisotopic (exact) mass is 367 g/mol. The second-order valence-corrected chi connectivity index (χ2v) is 6.81. The fraction of sp³-hybridized carbons (Fsp3) is 0.450. The SMILES string of the molecule is COc1cc(Nc2ccc3c(n2)C=NC3)ncc1OCCCN1CCCC1. The fourth-order valence-corrected chi connectivity index (χ4v) is 3.42. The maximum atomic E-state index is 5.88. The molecule has 0 atom stereocenters. The van der Waals surface area contributed by atoms with Crippen molar-refractivity contribution in [2.75, 3.05) is 38.7 Å². The zero-order chi connectivity index (χ0) is 18.5. The second-order valence-electron chi connectivity index (χ2n) is 6.81. The van der Waals surface area contributed by atoms with Crippen molar-refractivity contribution in [1.29, 1.82) is 0 Å². The van der Waals surface area contributed by atoms with Crippen LogP contribution < -0.4 is 14.8 Å². The molecule has 0 aliphatic carbocycles. The molecule has 0 saturated carbocycles. The average molecular weight is 367 g/mol. The molecule has 4 heterocycles. The lowest BCUT2D eigenvalue weighted by molar-refractivity contribution is 0.253. The number of nitrogens with zero attached hydrogens (tertiary/aromatic N) is 4. The van der Waals surface area contributed by atoms with Gasteiger partial charge in [-0.2, -0.15) is 0 Å². The number of rotatable bonds is 8. The molecule has 2 aromatic rings. The van der Waals surface area contributed by atoms with Crippen molar-refractivity contribution in [1.82, 2.24) is 14.9 Å². The Bertz CT molecular complexity index is 818. The van der Waals surface area contributed by atoms with E-state index < -0.39 is 0 Å². The Morgan fingerprint density at radius 2 is 2.04 bits per heavy atom. The molecule has 2 aliphatic heterocycles. The summed E-state index contributed by atoms with van der Waals surface area (Å²) in [6.07, 6.45) is 7.14. The first-order chi connectivity index (χ1) is 13.3. The summed E-state index contributed by atoms with van der Waals surface area (Å²) in [6, 6.07) is 5.80. The van der Waals surface area contributed by atoms with Crippen molar-refractivity contribution < 1.29 is 9.47 Å². The number of aliphatic imine (C=N–C) groups is 1. The maximum Gasteiger partial charge on any atom is 0.179 e. The van der Waals surface area contributed by atoms with Gasteiger partial charge in [-0.25, -0.2) is 9.97 Å². The van der Waals surface area contributed by atoms with Crippen molar-refractivity contribution in [3.05, 3.63) is 35.7 Å². The molecule has 7 nitrogen and oxygen atoms in total. The van der Waals surface area contributed by atoms with Crippen molar-refractivity contribution in [3.8, 4) is 11.5 Å². The molecule has 0 bridgehead atoms. The molecule has 1 N–H and O–H groups in total. The number of nitrogens with one attached hydrogen (secondary N) is 1. The van der Waals surface area contributed by atoms with Crippen LogP contribution >= 0.6 is 0 Å². The number of anilines is 2. The predicted molar refractivity (Wildman–Crippen MR) is 105 cm³/mol. The first-order valence-electron chi connectivity index (χ1n) is 9.48. The van der Waals surface area contributed by atoms with E-state index in [9.17, 15) is 0 Å². The molecule has 0 radical (unpaired) electrons. The quantitative estimate of drug-likeness (QED) is 0.723. The van der Waals surface area contributed by atoms with E-state index in [4.69, 9.17) is 9.47 Å². The van der Waals surface area contributed by atoms with Gasteiger partial charge in [0.15, 0.2) is 11.5 Å². The van der Waals surface area contributed by atoms with Gasteiger partial charge in [-0.3, -0.25) is 4.99 Å². The van der Waals surface area contributed by atoms with Crippen LogP contribution in [0.5, 0.6) is 11.5 Å². The Balaban J connectivity index is 1.35. The number of hydrogen-bond donors (Lipinski definition) is 1. The lowest BCUT2D eigenvalue weighted by Gasteiger charge is -2.15. The van der Waals surface area contributed by atoms with E-state index in [1.165, 1.54) is 25.9 Å². The van der Waals surface area contributed by atoms with Crippen LogP contribution in [-0.2, 0) is 6.54 Å². The molecule has 7 heteroatoms. The van der Waals surface area contributed by atoms with Gasteiger partial charge in [0.25, 0.3) is 0 Å². The molecule has 1 fully saturated rings. The Morgan fingerprint density at radius 1 is 1.15 bits per heavy atom. The number of pyridine rings is 2. The zero-order valence-corrected chi connectivity index (χ0v) is 15.6. The standard InChI is InChI=1S/C20H25N5O2/c1-26-17-11-20(24-19-6-5-15-12-21-13-16(15)23-19)22-14-18(17)27-10-4-9-25-7-2-3-8-25/h5-6,11,13-14H,2-4,7-10,12H2,1H3,(H,22,23,24). The lowest BCUT2D eigenvalue weighted by Crippen LogP contribution is -2.21. The van der Waals surface area contributed by atoms with E-state index in [0.717, 1.165) is 30.0 Å². The van der Waals surface area contributed by atoms with E-state index in [1.54, 1.807) is 19.5 Å². The highest BCUT2D eigenvalue weighted by Gasteiger charge is 2.12. The van der Waals surface area contributed by atoms with Crippen molar-refractivity contribution in [2.45, 2.75) is 25.8 Å². The van der Waals surface area contributed by atoms with Crippen LogP contribution in [0.1, 0.15) is 30.5 Å². The highest BCUT2D eigenvalue weighted by Crippen LogP contribution is 2.29. The minimum Gasteiger partial charge on any atom is -0.493 e. The number of ether oxygens (including phenoxy) is 2. The molecule has 2 aromatic heterocycles. The first kappa shape index (κ1) is 17.7. The van der Waals surface area contributed by atoms with Crippen LogP contribution in [0.4, 0.5) is 11.6 Å². The highest BCUT2D eigenvalue weighted by molar-refractivity contribution is 5.82. The summed E-state index contributed by atoms with van der Waals surface area (Å²) in [7, 11) is 1.64. The highest BCUT2D eigenvalue weighted by atomic mass is 16.5. The number of likely N-dealkylation sites (tertiary alicyclic amines) is 1. The van der Waals surface area contributed by atoms with Crippen LogP contribution in [0, 0.1) is 0 Å². The normalized spacial score (nSPS) is 15.7. The Morgan fingerprint density at radius 3 is 2.89 bits per heavy atom. The van der Waals surface area contributed by atoms with Gasteiger partial charge >= 0.3 is 0 Å². The largest absolute Gasteiger partial charge is 0.493 e. The van der Waals surface area contributed by atoms with Gasteiger partial charge in [0.1, 0.15) is 11.6 Å². The van der Waals surface area contributed by atoms with Crippen molar-refractivity contribution in [2.24, 2.45) is 4.99 Å². The minimum atomic E-state index is 0.660. The molecule has 0 amide bonds. The smallest absolute Gasteiger partial charge is 0.179 e. The topological polar surface area (TPSA) is 71.9 Å². The van der Waals surface area contributed by atoms with Crippen LogP contribution in [0.25, 0.3) is 0 Å². The molecular weight excluding hydrogens is 342 g/mol. The number of hydrogen-bond acceptors (Lipinski definition) is 7. The Kier molecular flexibility index (Phi) is 5.48. The van der Waals surface area contributed by atoms with Crippen LogP contribution in [0.15, 0.2) is 29.4 Å². The summed E-state index contributed by atoms with van der Waals surface area (Å²) in [5.74, 6) is 2.73.